The van der Waals surface area contributed by atoms with E-state index < -0.39 is 29.0 Å². The molecule has 1 fully saturated rings. The van der Waals surface area contributed by atoms with Crippen LogP contribution in [0.4, 0.5) is 0 Å². The molecule has 3 aliphatic rings. The van der Waals surface area contributed by atoms with Gasteiger partial charge < -0.3 is 14.2 Å². The topological polar surface area (TPSA) is 99.2 Å². The van der Waals surface area contributed by atoms with Crippen LogP contribution in [0.2, 0.25) is 0 Å². The molecule has 3 aliphatic heterocycles. The third-order valence-electron chi connectivity index (χ3n) is 5.19. The fraction of sp³-hybridized carbons (Fsp3) is 0.333. The molecule has 8 nitrogen and oxygen atoms in total. The number of esters is 2. The first-order valence-corrected chi connectivity index (χ1v) is 7.89. The Kier molecular flexibility index (Phi) is 3.17. The summed E-state index contributed by atoms with van der Waals surface area (Å²) in [6.07, 6.45) is 0. The third kappa shape index (κ3) is 1.58. The molecule has 3 heterocycles. The molecule has 1 aromatic rings. The van der Waals surface area contributed by atoms with Crippen LogP contribution in [0, 0.1) is 0 Å². The van der Waals surface area contributed by atoms with Crippen LogP contribution in [0.1, 0.15) is 22.8 Å². The van der Waals surface area contributed by atoms with Crippen LogP contribution in [-0.4, -0.2) is 54.9 Å². The predicted octanol–water partition coefficient (Wildman–Crippen LogP) is 0.309. The molecule has 2 unspecified atom stereocenters. The average Bonchev–Trinajstić information content (AvgIpc) is 3.24. The summed E-state index contributed by atoms with van der Waals surface area (Å²) in [5.74, 6) is -2.61. The van der Waals surface area contributed by atoms with Gasteiger partial charge in [-0.3, -0.25) is 14.5 Å². The lowest BCUT2D eigenvalue weighted by Gasteiger charge is -2.32. The number of ketones is 1. The molecule has 2 atom stereocenters. The molecule has 1 saturated heterocycles. The molecule has 2 bridgehead atoms. The minimum absolute atomic E-state index is 0.180. The van der Waals surface area contributed by atoms with Crippen molar-refractivity contribution in [1.29, 1.82) is 0 Å². The van der Waals surface area contributed by atoms with Gasteiger partial charge in [0, 0.05) is 11.1 Å². The van der Waals surface area contributed by atoms with Crippen molar-refractivity contribution in [3.05, 3.63) is 46.5 Å². The Morgan fingerprint density at radius 3 is 2.31 bits per heavy atom. The number of carbonyl (C=O) groups is 4. The minimum Gasteiger partial charge on any atom is -0.466 e. The van der Waals surface area contributed by atoms with Gasteiger partial charge in [0.1, 0.15) is 5.57 Å². The Balaban J connectivity index is 2.11. The van der Waals surface area contributed by atoms with E-state index >= 15 is 0 Å². The number of methoxy groups -OCH3 is 2. The molecule has 0 aliphatic carbocycles. The molecule has 4 rings (SSSR count). The summed E-state index contributed by atoms with van der Waals surface area (Å²) in [5, 5.41) is 0. The van der Waals surface area contributed by atoms with E-state index in [9.17, 15) is 19.2 Å². The van der Waals surface area contributed by atoms with Gasteiger partial charge in [-0.05, 0) is 13.0 Å². The summed E-state index contributed by atoms with van der Waals surface area (Å²) in [5.41, 5.74) is -3.09. The maximum absolute atomic E-state index is 12.9. The number of Topliss-reactive ketones (excluding diaryl/α,β-unsaturated/α-hetero) is 1. The van der Waals surface area contributed by atoms with Gasteiger partial charge in [0.05, 0.1) is 26.3 Å². The van der Waals surface area contributed by atoms with Crippen LogP contribution in [0.15, 0.2) is 35.4 Å². The molecule has 1 amide bonds. The van der Waals surface area contributed by atoms with Crippen LogP contribution >= 0.6 is 0 Å². The largest absolute Gasteiger partial charge is 0.466 e. The fourth-order valence-electron chi connectivity index (χ4n) is 4.09. The number of ether oxygens (including phenoxy) is 3. The van der Waals surface area contributed by atoms with E-state index in [2.05, 4.69) is 0 Å². The van der Waals surface area contributed by atoms with Gasteiger partial charge in [0.25, 0.3) is 5.91 Å². The number of benzene rings is 1. The number of carbonyl (C=O) groups excluding carboxylic acids is 4. The summed E-state index contributed by atoms with van der Waals surface area (Å²) in [6.45, 7) is 1.07. The van der Waals surface area contributed by atoms with Gasteiger partial charge in [-0.15, -0.1) is 0 Å². The van der Waals surface area contributed by atoms with E-state index in [-0.39, 0.29) is 23.6 Å². The van der Waals surface area contributed by atoms with E-state index in [1.54, 1.807) is 24.3 Å². The fourth-order valence-corrected chi connectivity index (χ4v) is 4.09. The van der Waals surface area contributed by atoms with Crippen molar-refractivity contribution in [2.75, 3.05) is 20.8 Å². The maximum atomic E-state index is 12.9. The first-order chi connectivity index (χ1) is 12.3. The number of rotatable bonds is 3. The number of hydrogen-bond donors (Lipinski definition) is 0. The summed E-state index contributed by atoms with van der Waals surface area (Å²) in [4.78, 5) is 51.8. The average molecular weight is 357 g/mol. The molecule has 26 heavy (non-hydrogen) atoms. The number of nitrogens with zero attached hydrogens (tertiary/aromatic N) is 1. The van der Waals surface area contributed by atoms with Crippen molar-refractivity contribution >= 4 is 23.6 Å². The van der Waals surface area contributed by atoms with Gasteiger partial charge in [-0.2, -0.15) is 0 Å². The standard InChI is InChI=1S/C18H15NO7/c1-9(20)17-8-19-14(21)10-6-4-5-7-11(10)18(19,26-17)13(16(23)25-3)12(17)15(22)24-2/h4-7H,8H2,1-3H3. The zero-order valence-corrected chi connectivity index (χ0v) is 14.3. The Morgan fingerprint density at radius 2 is 1.69 bits per heavy atom. The molecule has 8 heteroatoms. The molecule has 0 N–H and O–H groups in total. The molecule has 0 saturated carbocycles. The van der Waals surface area contributed by atoms with Crippen LogP contribution in [-0.2, 0) is 34.3 Å². The zero-order chi connectivity index (χ0) is 18.9. The quantitative estimate of drug-likeness (QED) is 0.718. The highest BCUT2D eigenvalue weighted by Gasteiger charge is 2.75. The monoisotopic (exact) mass is 357 g/mol. The summed E-state index contributed by atoms with van der Waals surface area (Å²) in [6, 6.07) is 6.61. The lowest BCUT2D eigenvalue weighted by atomic mass is 9.82. The van der Waals surface area contributed by atoms with Crippen molar-refractivity contribution in [3.63, 3.8) is 0 Å². The second kappa shape index (κ2) is 5.01. The highest BCUT2D eigenvalue weighted by molar-refractivity contribution is 6.14. The van der Waals surface area contributed by atoms with Crippen molar-refractivity contribution in [1.82, 2.24) is 4.90 Å². The van der Waals surface area contributed by atoms with Gasteiger partial charge in [0.15, 0.2) is 11.4 Å². The highest BCUT2D eigenvalue weighted by Crippen LogP contribution is 2.61. The second-order valence-electron chi connectivity index (χ2n) is 6.30. The lowest BCUT2D eigenvalue weighted by molar-refractivity contribution is -0.148. The van der Waals surface area contributed by atoms with Crippen LogP contribution in [0.5, 0.6) is 0 Å². The predicted molar refractivity (Wildman–Crippen MR) is 84.7 cm³/mol. The first kappa shape index (κ1) is 16.5. The van der Waals surface area contributed by atoms with Crippen LogP contribution in [0.3, 0.4) is 0 Å². The Hall–Kier alpha value is -3.00. The van der Waals surface area contributed by atoms with Gasteiger partial charge >= 0.3 is 11.9 Å². The van der Waals surface area contributed by atoms with E-state index in [0.29, 0.717) is 11.1 Å². The normalized spacial score (nSPS) is 28.1. The third-order valence-corrected chi connectivity index (χ3v) is 5.19. The van der Waals surface area contributed by atoms with E-state index in [0.717, 1.165) is 14.2 Å². The summed E-state index contributed by atoms with van der Waals surface area (Å²) >= 11 is 0. The summed E-state index contributed by atoms with van der Waals surface area (Å²) in [7, 11) is 2.30. The van der Waals surface area contributed by atoms with Crippen molar-refractivity contribution in [3.8, 4) is 0 Å². The number of hydrogen-bond acceptors (Lipinski definition) is 7. The van der Waals surface area contributed by atoms with E-state index in [1.807, 2.05) is 0 Å². The van der Waals surface area contributed by atoms with Crippen molar-refractivity contribution < 1.29 is 33.4 Å². The molecule has 0 radical (unpaired) electrons. The van der Waals surface area contributed by atoms with Gasteiger partial charge in [-0.1, -0.05) is 18.2 Å². The Labute approximate surface area is 148 Å². The zero-order valence-electron chi connectivity index (χ0n) is 14.3. The number of fused-ring (bicyclic) bond motifs is 2. The van der Waals surface area contributed by atoms with Gasteiger partial charge in [-0.25, -0.2) is 9.59 Å². The minimum atomic E-state index is -1.76. The molecule has 0 aromatic heterocycles. The molecule has 1 aromatic carbocycles. The van der Waals surface area contributed by atoms with Crippen molar-refractivity contribution in [2.24, 2.45) is 0 Å². The summed E-state index contributed by atoms with van der Waals surface area (Å²) < 4.78 is 15.7. The highest BCUT2D eigenvalue weighted by atomic mass is 16.6. The molecule has 1 spiro atoms. The first-order valence-electron chi connectivity index (χ1n) is 7.89. The SMILES string of the molecule is COC(=O)C1=C(C(=O)OC)C23OC1(C(C)=O)CN2C(=O)c1ccccc13. The molecular weight excluding hydrogens is 342 g/mol. The van der Waals surface area contributed by atoms with E-state index in [4.69, 9.17) is 14.2 Å². The number of amides is 1. The molecule has 134 valence electrons. The second-order valence-corrected chi connectivity index (χ2v) is 6.30. The Bertz CT molecular complexity index is 933. The van der Waals surface area contributed by atoms with Crippen LogP contribution in [0.25, 0.3) is 0 Å². The lowest BCUT2D eigenvalue weighted by Crippen LogP contribution is -2.50. The maximum Gasteiger partial charge on any atom is 0.339 e. The van der Waals surface area contributed by atoms with E-state index in [1.165, 1.54) is 11.8 Å². The molecular formula is C18H15NO7. The smallest absolute Gasteiger partial charge is 0.339 e. The van der Waals surface area contributed by atoms with Gasteiger partial charge in [0.2, 0.25) is 5.72 Å². The van der Waals surface area contributed by atoms with Crippen molar-refractivity contribution in [2.45, 2.75) is 18.2 Å². The van der Waals surface area contributed by atoms with Crippen LogP contribution < -0.4 is 0 Å². The Morgan fingerprint density at radius 1 is 1.08 bits per heavy atom.